The Labute approximate surface area is 181 Å². The maximum Gasteiger partial charge on any atom is 0.191 e. The number of nitrogens with zero attached hydrogens (tertiary/aromatic N) is 2. The SMILES string of the molecule is CCCN1CCC(CNC(=NCC(C)(C)c2cccc(F)c2)NCC)C1.I. The number of nitrogens with one attached hydrogen (secondary N) is 2. The van der Waals surface area contributed by atoms with Gasteiger partial charge in [0.25, 0.3) is 0 Å². The average Bonchev–Trinajstić information content (AvgIpc) is 3.05. The van der Waals surface area contributed by atoms with Crippen molar-refractivity contribution < 1.29 is 4.39 Å². The molecule has 4 nitrogen and oxygen atoms in total. The molecule has 1 aromatic rings. The molecule has 0 spiro atoms. The van der Waals surface area contributed by atoms with Crippen LogP contribution in [0.3, 0.4) is 0 Å². The van der Waals surface area contributed by atoms with Gasteiger partial charge in [0.15, 0.2) is 5.96 Å². The fraction of sp³-hybridized carbons (Fsp3) is 0.667. The Balaban J connectivity index is 0.00000364. The molecule has 27 heavy (non-hydrogen) atoms. The first kappa shape index (κ1) is 24.1. The van der Waals surface area contributed by atoms with Crippen LogP contribution in [0.1, 0.15) is 46.1 Å². The van der Waals surface area contributed by atoms with Gasteiger partial charge in [-0.2, -0.15) is 0 Å². The molecule has 1 unspecified atom stereocenters. The lowest BCUT2D eigenvalue weighted by Gasteiger charge is -2.24. The molecule has 6 heteroatoms. The van der Waals surface area contributed by atoms with Crippen molar-refractivity contribution in [3.63, 3.8) is 0 Å². The highest BCUT2D eigenvalue weighted by Crippen LogP contribution is 2.24. The van der Waals surface area contributed by atoms with Crippen LogP contribution in [0, 0.1) is 11.7 Å². The van der Waals surface area contributed by atoms with Crippen LogP contribution in [0.4, 0.5) is 4.39 Å². The Morgan fingerprint density at radius 2 is 2.07 bits per heavy atom. The summed E-state index contributed by atoms with van der Waals surface area (Å²) in [6.45, 7) is 14.5. The molecule has 1 aliphatic heterocycles. The fourth-order valence-corrected chi connectivity index (χ4v) is 3.46. The number of hydrogen-bond acceptors (Lipinski definition) is 2. The first-order chi connectivity index (χ1) is 12.4. The van der Waals surface area contributed by atoms with Gasteiger partial charge in [0.1, 0.15) is 5.82 Å². The Bertz CT molecular complexity index is 591. The lowest BCUT2D eigenvalue weighted by molar-refractivity contribution is 0.324. The van der Waals surface area contributed by atoms with Crippen molar-refractivity contribution in [2.75, 3.05) is 39.3 Å². The van der Waals surface area contributed by atoms with E-state index in [2.05, 4.69) is 43.2 Å². The molecular formula is C21H36FIN4. The van der Waals surface area contributed by atoms with Crippen LogP contribution in [-0.4, -0.2) is 50.1 Å². The number of hydrogen-bond donors (Lipinski definition) is 2. The number of likely N-dealkylation sites (tertiary alicyclic amines) is 1. The van der Waals surface area contributed by atoms with E-state index in [4.69, 9.17) is 4.99 Å². The maximum absolute atomic E-state index is 13.5. The van der Waals surface area contributed by atoms with E-state index in [0.29, 0.717) is 12.5 Å². The van der Waals surface area contributed by atoms with E-state index in [1.165, 1.54) is 38.5 Å². The number of benzene rings is 1. The van der Waals surface area contributed by atoms with E-state index >= 15 is 0 Å². The summed E-state index contributed by atoms with van der Waals surface area (Å²) in [6, 6.07) is 6.83. The van der Waals surface area contributed by atoms with Gasteiger partial charge in [-0.05, 0) is 56.5 Å². The average molecular weight is 490 g/mol. The highest BCUT2D eigenvalue weighted by molar-refractivity contribution is 14.0. The molecule has 0 amide bonds. The van der Waals surface area contributed by atoms with Crippen LogP contribution < -0.4 is 10.6 Å². The van der Waals surface area contributed by atoms with Crippen molar-refractivity contribution in [3.8, 4) is 0 Å². The van der Waals surface area contributed by atoms with Crippen LogP contribution in [-0.2, 0) is 5.41 Å². The Morgan fingerprint density at radius 1 is 1.30 bits per heavy atom. The first-order valence-electron chi connectivity index (χ1n) is 9.95. The van der Waals surface area contributed by atoms with E-state index in [1.807, 2.05) is 6.07 Å². The lowest BCUT2D eigenvalue weighted by atomic mass is 9.85. The van der Waals surface area contributed by atoms with Gasteiger partial charge >= 0.3 is 0 Å². The second-order valence-corrected chi connectivity index (χ2v) is 7.93. The summed E-state index contributed by atoms with van der Waals surface area (Å²) in [5.74, 6) is 1.34. The van der Waals surface area contributed by atoms with Crippen LogP contribution in [0.5, 0.6) is 0 Å². The molecule has 2 rings (SSSR count). The molecule has 1 aliphatic rings. The van der Waals surface area contributed by atoms with E-state index in [0.717, 1.165) is 24.6 Å². The zero-order valence-electron chi connectivity index (χ0n) is 17.2. The summed E-state index contributed by atoms with van der Waals surface area (Å²) in [7, 11) is 0. The predicted octanol–water partition coefficient (Wildman–Crippen LogP) is 4.01. The molecule has 1 heterocycles. The van der Waals surface area contributed by atoms with Gasteiger partial charge in [-0.3, -0.25) is 4.99 Å². The minimum atomic E-state index is -0.213. The van der Waals surface area contributed by atoms with Crippen LogP contribution in [0.15, 0.2) is 29.3 Å². The minimum Gasteiger partial charge on any atom is -0.357 e. The molecular weight excluding hydrogens is 454 g/mol. The number of rotatable bonds is 8. The largest absolute Gasteiger partial charge is 0.357 e. The van der Waals surface area contributed by atoms with E-state index in [1.54, 1.807) is 12.1 Å². The van der Waals surface area contributed by atoms with Crippen molar-refractivity contribution in [2.24, 2.45) is 10.9 Å². The van der Waals surface area contributed by atoms with Crippen molar-refractivity contribution in [1.29, 1.82) is 0 Å². The minimum absolute atomic E-state index is 0. The molecule has 1 fully saturated rings. The Morgan fingerprint density at radius 3 is 2.74 bits per heavy atom. The number of guanidine groups is 1. The third kappa shape index (κ3) is 7.94. The van der Waals surface area contributed by atoms with E-state index in [-0.39, 0.29) is 35.2 Å². The van der Waals surface area contributed by atoms with Crippen LogP contribution in [0.25, 0.3) is 0 Å². The summed E-state index contributed by atoms with van der Waals surface area (Å²) < 4.78 is 13.5. The van der Waals surface area contributed by atoms with Gasteiger partial charge < -0.3 is 15.5 Å². The highest BCUT2D eigenvalue weighted by atomic mass is 127. The number of halogens is 2. The monoisotopic (exact) mass is 490 g/mol. The Kier molecular flexibility index (Phi) is 10.6. The molecule has 0 aromatic heterocycles. The summed E-state index contributed by atoms with van der Waals surface area (Å²) in [5, 5.41) is 6.83. The van der Waals surface area contributed by atoms with Crippen molar-refractivity contribution in [1.82, 2.24) is 15.5 Å². The van der Waals surface area contributed by atoms with Gasteiger partial charge in [-0.25, -0.2) is 4.39 Å². The van der Waals surface area contributed by atoms with Gasteiger partial charge in [-0.1, -0.05) is 32.9 Å². The molecule has 154 valence electrons. The van der Waals surface area contributed by atoms with Crippen molar-refractivity contribution in [2.45, 2.75) is 46.0 Å². The van der Waals surface area contributed by atoms with Gasteiger partial charge in [0.2, 0.25) is 0 Å². The van der Waals surface area contributed by atoms with Gasteiger partial charge in [-0.15, -0.1) is 24.0 Å². The second kappa shape index (κ2) is 11.8. The molecule has 0 saturated carbocycles. The number of aliphatic imine (C=N–C) groups is 1. The third-order valence-corrected chi connectivity index (χ3v) is 5.05. The van der Waals surface area contributed by atoms with Gasteiger partial charge in [0, 0.05) is 25.0 Å². The smallest absolute Gasteiger partial charge is 0.191 e. The summed E-state index contributed by atoms with van der Waals surface area (Å²) >= 11 is 0. The first-order valence-corrected chi connectivity index (χ1v) is 9.95. The summed E-state index contributed by atoms with van der Waals surface area (Å²) in [4.78, 5) is 7.31. The van der Waals surface area contributed by atoms with Crippen LogP contribution >= 0.6 is 24.0 Å². The third-order valence-electron chi connectivity index (χ3n) is 5.05. The highest BCUT2D eigenvalue weighted by Gasteiger charge is 2.23. The zero-order valence-corrected chi connectivity index (χ0v) is 19.6. The summed E-state index contributed by atoms with van der Waals surface area (Å²) in [6.07, 6.45) is 2.47. The van der Waals surface area contributed by atoms with Gasteiger partial charge in [0.05, 0.1) is 6.54 Å². The van der Waals surface area contributed by atoms with E-state index in [9.17, 15) is 4.39 Å². The standard InChI is InChI=1S/C21H35FN4.HI/c1-5-11-26-12-10-17(15-26)14-24-20(23-6-2)25-16-21(3,4)18-8-7-9-19(22)13-18;/h7-9,13,17H,5-6,10-12,14-16H2,1-4H3,(H2,23,24,25);1H. The summed E-state index contributed by atoms with van der Waals surface area (Å²) in [5.41, 5.74) is 0.763. The second-order valence-electron chi connectivity index (χ2n) is 7.93. The zero-order chi connectivity index (χ0) is 19.0. The maximum atomic E-state index is 13.5. The predicted molar refractivity (Wildman–Crippen MR) is 124 cm³/mol. The quantitative estimate of drug-likeness (QED) is 0.329. The molecule has 1 aromatic carbocycles. The molecule has 0 aliphatic carbocycles. The normalized spacial score (nSPS) is 18.3. The van der Waals surface area contributed by atoms with Crippen molar-refractivity contribution >= 4 is 29.9 Å². The fourth-order valence-electron chi connectivity index (χ4n) is 3.46. The molecule has 1 atom stereocenters. The molecule has 1 saturated heterocycles. The van der Waals surface area contributed by atoms with Crippen LogP contribution in [0.2, 0.25) is 0 Å². The van der Waals surface area contributed by atoms with E-state index < -0.39 is 0 Å². The lowest BCUT2D eigenvalue weighted by Crippen LogP contribution is -2.41. The molecule has 0 radical (unpaired) electrons. The Hall–Kier alpha value is -0.890. The van der Waals surface area contributed by atoms with Crippen molar-refractivity contribution in [3.05, 3.63) is 35.6 Å². The topological polar surface area (TPSA) is 39.7 Å². The molecule has 0 bridgehead atoms. The molecule has 2 N–H and O–H groups in total.